The van der Waals surface area contributed by atoms with E-state index in [1.165, 1.54) is 0 Å². The van der Waals surface area contributed by atoms with Gasteiger partial charge >= 0.3 is 0 Å². The average Bonchev–Trinajstić information content (AvgIpc) is 2.87. The van der Waals surface area contributed by atoms with Gasteiger partial charge in [-0.2, -0.15) is 0 Å². The maximum Gasteiger partial charge on any atom is 0.250 e. The Balaban J connectivity index is 1.92. The van der Waals surface area contributed by atoms with Crippen LogP contribution in [0.5, 0.6) is 0 Å². The zero-order valence-corrected chi connectivity index (χ0v) is 10.3. The van der Waals surface area contributed by atoms with Crippen molar-refractivity contribution >= 4 is 5.91 Å². The number of carbonyl (C=O) groups excluding carboxylic acids is 1. The third-order valence-corrected chi connectivity index (χ3v) is 3.09. The van der Waals surface area contributed by atoms with E-state index in [0.29, 0.717) is 6.42 Å². The summed E-state index contributed by atoms with van der Waals surface area (Å²) in [5.41, 5.74) is 0.895. The predicted octanol–water partition coefficient (Wildman–Crippen LogP) is 1.79. The molecule has 0 radical (unpaired) electrons. The quantitative estimate of drug-likeness (QED) is 0.501. The van der Waals surface area contributed by atoms with Crippen LogP contribution in [0.2, 0.25) is 0 Å². The van der Waals surface area contributed by atoms with Gasteiger partial charge < -0.3 is 4.74 Å². The molecule has 1 aliphatic carbocycles. The topological polar surface area (TPSA) is 49.8 Å². The Morgan fingerprint density at radius 3 is 2.72 bits per heavy atom. The van der Waals surface area contributed by atoms with Crippen LogP contribution in [0.3, 0.4) is 0 Å². The summed E-state index contributed by atoms with van der Waals surface area (Å²) in [6.45, 7) is 0. The molecule has 0 unspecified atom stereocenters. The van der Waals surface area contributed by atoms with Crippen molar-refractivity contribution in [3.8, 4) is 0 Å². The monoisotopic (exact) mass is 247 g/mol. The van der Waals surface area contributed by atoms with Crippen LogP contribution in [0.1, 0.15) is 12.0 Å². The predicted molar refractivity (Wildman–Crippen MR) is 67.1 cm³/mol. The fraction of sp³-hybridized carbons (Fsp3) is 0.357. The Morgan fingerprint density at radius 2 is 2.11 bits per heavy atom. The summed E-state index contributed by atoms with van der Waals surface area (Å²) in [4.78, 5) is 11.9. The molecule has 1 N–H and O–H groups in total. The largest absolute Gasteiger partial charge is 0.377 e. The third kappa shape index (κ3) is 2.97. The summed E-state index contributed by atoms with van der Waals surface area (Å²) in [5.74, 6) is -0.299. The maximum absolute atomic E-state index is 11.9. The molecule has 1 aliphatic rings. The highest BCUT2D eigenvalue weighted by Crippen LogP contribution is 2.18. The smallest absolute Gasteiger partial charge is 0.250 e. The van der Waals surface area contributed by atoms with Crippen LogP contribution in [0.25, 0.3) is 0 Å². The lowest BCUT2D eigenvalue weighted by molar-refractivity contribution is -0.171. The Labute approximate surface area is 106 Å². The highest BCUT2D eigenvalue weighted by molar-refractivity contribution is 5.78. The number of hydroxylamine groups is 2. The molecule has 4 heteroatoms. The number of methoxy groups -OCH3 is 1. The Morgan fingerprint density at radius 1 is 1.39 bits per heavy atom. The van der Waals surface area contributed by atoms with Crippen molar-refractivity contribution in [1.29, 1.82) is 0 Å². The van der Waals surface area contributed by atoms with Crippen molar-refractivity contribution in [2.75, 3.05) is 7.11 Å². The molecule has 0 aromatic heterocycles. The summed E-state index contributed by atoms with van der Waals surface area (Å²) in [7, 11) is 1.62. The fourth-order valence-electron chi connectivity index (χ4n) is 2.04. The average molecular weight is 247 g/mol. The van der Waals surface area contributed by atoms with Crippen molar-refractivity contribution in [1.82, 2.24) is 5.06 Å². The lowest BCUT2D eigenvalue weighted by Crippen LogP contribution is -2.37. The van der Waals surface area contributed by atoms with Crippen molar-refractivity contribution < 1.29 is 14.7 Å². The molecule has 0 spiro atoms. The van der Waals surface area contributed by atoms with Gasteiger partial charge in [-0.1, -0.05) is 42.5 Å². The zero-order chi connectivity index (χ0) is 13.0. The fourth-order valence-corrected chi connectivity index (χ4v) is 2.04. The molecule has 4 nitrogen and oxygen atoms in total. The Bertz CT molecular complexity index is 430. The van der Waals surface area contributed by atoms with Crippen LogP contribution >= 0.6 is 0 Å². The molecule has 1 aromatic carbocycles. The van der Waals surface area contributed by atoms with E-state index < -0.39 is 0 Å². The second-order valence-electron chi connectivity index (χ2n) is 4.36. The first-order valence-electron chi connectivity index (χ1n) is 5.96. The molecule has 0 heterocycles. The van der Waals surface area contributed by atoms with E-state index in [9.17, 15) is 10.0 Å². The summed E-state index contributed by atoms with van der Waals surface area (Å²) in [6, 6.07) is 9.10. The van der Waals surface area contributed by atoms with E-state index in [1.807, 2.05) is 36.4 Å². The number of carbonyl (C=O) groups is 1. The molecular formula is C14H17NO3. The third-order valence-electron chi connectivity index (χ3n) is 3.09. The van der Waals surface area contributed by atoms with E-state index in [4.69, 9.17) is 4.74 Å². The second kappa shape index (κ2) is 5.80. The van der Waals surface area contributed by atoms with E-state index in [1.54, 1.807) is 13.2 Å². The van der Waals surface area contributed by atoms with Crippen LogP contribution in [-0.4, -0.2) is 35.4 Å². The number of nitrogens with zero attached hydrogens (tertiary/aromatic N) is 1. The first-order valence-corrected chi connectivity index (χ1v) is 5.96. The van der Waals surface area contributed by atoms with Gasteiger partial charge in [0.1, 0.15) is 0 Å². The summed E-state index contributed by atoms with van der Waals surface area (Å²) in [5, 5.41) is 10.7. The molecule has 1 amide bonds. The van der Waals surface area contributed by atoms with Gasteiger partial charge in [0.05, 0.1) is 18.6 Å². The van der Waals surface area contributed by atoms with Gasteiger partial charge in [-0.05, 0) is 5.56 Å². The Hall–Kier alpha value is -1.65. The minimum atomic E-state index is -0.299. The van der Waals surface area contributed by atoms with E-state index in [0.717, 1.165) is 10.6 Å². The normalized spacial score (nSPS) is 22.1. The van der Waals surface area contributed by atoms with Crippen LogP contribution in [0.4, 0.5) is 0 Å². The zero-order valence-electron chi connectivity index (χ0n) is 10.3. The minimum absolute atomic E-state index is 0.0193. The molecule has 2 rings (SSSR count). The number of benzene rings is 1. The summed E-state index contributed by atoms with van der Waals surface area (Å²) >= 11 is 0. The van der Waals surface area contributed by atoms with E-state index >= 15 is 0 Å². The van der Waals surface area contributed by atoms with Gasteiger partial charge in [-0.15, -0.1) is 0 Å². The lowest BCUT2D eigenvalue weighted by atomic mass is 10.1. The standard InChI is InChI=1S/C14H17NO3/c1-18-13-8-7-12(10-13)15(17)14(16)9-11-5-3-2-4-6-11/h2-8,12-13,17H,9-10H2,1H3/t12-,13-/m1/s1. The molecule has 0 bridgehead atoms. The van der Waals surface area contributed by atoms with Gasteiger partial charge in [0.2, 0.25) is 0 Å². The van der Waals surface area contributed by atoms with Crippen LogP contribution in [0, 0.1) is 0 Å². The Kier molecular flexibility index (Phi) is 4.12. The second-order valence-corrected chi connectivity index (χ2v) is 4.36. The van der Waals surface area contributed by atoms with Gasteiger partial charge in [-0.25, -0.2) is 5.06 Å². The van der Waals surface area contributed by atoms with Gasteiger partial charge in [0, 0.05) is 13.5 Å². The van der Waals surface area contributed by atoms with Gasteiger partial charge in [0.25, 0.3) is 5.91 Å². The highest BCUT2D eigenvalue weighted by atomic mass is 16.5. The number of amides is 1. The van der Waals surface area contributed by atoms with Crippen molar-refractivity contribution in [2.45, 2.75) is 25.0 Å². The molecule has 0 fully saturated rings. The first-order chi connectivity index (χ1) is 8.70. The van der Waals surface area contributed by atoms with Crippen molar-refractivity contribution in [2.24, 2.45) is 0 Å². The lowest BCUT2D eigenvalue weighted by Gasteiger charge is -2.21. The van der Waals surface area contributed by atoms with Gasteiger partial charge in [0.15, 0.2) is 0 Å². The summed E-state index contributed by atoms with van der Waals surface area (Å²) < 4.78 is 5.15. The molecule has 0 saturated heterocycles. The van der Waals surface area contributed by atoms with E-state index in [2.05, 4.69) is 0 Å². The van der Waals surface area contributed by atoms with Crippen LogP contribution in [0.15, 0.2) is 42.5 Å². The molecule has 18 heavy (non-hydrogen) atoms. The SMILES string of the molecule is CO[C@@H]1C=C[C@@H](N(O)C(=O)Cc2ccccc2)C1. The number of rotatable bonds is 4. The van der Waals surface area contributed by atoms with Crippen molar-refractivity contribution in [3.05, 3.63) is 48.0 Å². The highest BCUT2D eigenvalue weighted by Gasteiger charge is 2.26. The van der Waals surface area contributed by atoms with E-state index in [-0.39, 0.29) is 24.5 Å². The molecule has 96 valence electrons. The summed E-state index contributed by atoms with van der Waals surface area (Å²) in [6.07, 6.45) is 4.46. The molecule has 1 aromatic rings. The van der Waals surface area contributed by atoms with Crippen LogP contribution in [-0.2, 0) is 16.0 Å². The number of hydrogen-bond acceptors (Lipinski definition) is 3. The first kappa shape index (κ1) is 12.8. The number of ether oxygens (including phenoxy) is 1. The molecule has 0 saturated carbocycles. The molecular weight excluding hydrogens is 230 g/mol. The number of hydrogen-bond donors (Lipinski definition) is 1. The maximum atomic E-state index is 11.9. The molecule has 2 atom stereocenters. The van der Waals surface area contributed by atoms with Gasteiger partial charge in [-0.3, -0.25) is 10.0 Å². The van der Waals surface area contributed by atoms with Crippen molar-refractivity contribution in [3.63, 3.8) is 0 Å². The minimum Gasteiger partial charge on any atom is -0.377 e. The molecule has 0 aliphatic heterocycles. The van der Waals surface area contributed by atoms with Crippen LogP contribution < -0.4 is 0 Å².